The highest BCUT2D eigenvalue weighted by atomic mass is 16.5. The lowest BCUT2D eigenvalue weighted by Gasteiger charge is -2.14. The van der Waals surface area contributed by atoms with Gasteiger partial charge in [0, 0.05) is 12.1 Å². The van der Waals surface area contributed by atoms with Crippen molar-refractivity contribution in [3.8, 4) is 0 Å². The van der Waals surface area contributed by atoms with Crippen LogP contribution in [0.3, 0.4) is 0 Å². The molecule has 0 saturated heterocycles. The number of hydrogen-bond donors (Lipinski definition) is 2. The fourth-order valence-corrected chi connectivity index (χ4v) is 2.70. The number of amides is 1. The number of nitrogens with one attached hydrogen (secondary N) is 2. The van der Waals surface area contributed by atoms with E-state index in [0.29, 0.717) is 19.4 Å². The average Bonchev–Trinajstić information content (AvgIpc) is 2.94. The first kappa shape index (κ1) is 14.6. The van der Waals surface area contributed by atoms with Crippen LogP contribution in [0.15, 0.2) is 12.1 Å². The van der Waals surface area contributed by atoms with Crippen LogP contribution in [0.4, 0.5) is 5.69 Å². The molecule has 0 bridgehead atoms. The number of anilines is 1. The number of fused-ring (bicyclic) bond motifs is 2. The minimum absolute atomic E-state index is 0.00214. The van der Waals surface area contributed by atoms with Crippen LogP contribution in [0.25, 0.3) is 11.0 Å². The molecule has 2 N–H and O–H groups in total. The van der Waals surface area contributed by atoms with E-state index in [2.05, 4.69) is 15.3 Å². The van der Waals surface area contributed by atoms with Crippen LogP contribution >= 0.6 is 0 Å². The Morgan fingerprint density at radius 2 is 2.14 bits per heavy atom. The molecule has 6 heteroatoms. The molecule has 0 aliphatic carbocycles. The van der Waals surface area contributed by atoms with E-state index < -0.39 is 5.41 Å². The molecule has 0 saturated carbocycles. The SMILES string of the molecule is CCOC(=O)CCc1nc2cc3c(cc2[nH]1)C(C)(C)C(=O)N3. The number of aromatic nitrogens is 2. The third kappa shape index (κ3) is 2.34. The molecule has 2 heterocycles. The molecule has 22 heavy (non-hydrogen) atoms. The van der Waals surface area contributed by atoms with Gasteiger partial charge < -0.3 is 15.0 Å². The Balaban J connectivity index is 1.87. The third-order valence-electron chi connectivity index (χ3n) is 4.03. The first-order chi connectivity index (χ1) is 10.4. The summed E-state index contributed by atoms with van der Waals surface area (Å²) in [4.78, 5) is 31.1. The molecule has 0 unspecified atom stereocenters. The van der Waals surface area contributed by atoms with Crippen LogP contribution in [0.1, 0.15) is 38.6 Å². The van der Waals surface area contributed by atoms with E-state index >= 15 is 0 Å². The Labute approximate surface area is 128 Å². The van der Waals surface area contributed by atoms with Gasteiger partial charge in [-0.2, -0.15) is 0 Å². The molecule has 1 aromatic heterocycles. The first-order valence-corrected chi connectivity index (χ1v) is 7.42. The molecule has 1 aliphatic heterocycles. The molecule has 1 aliphatic rings. The van der Waals surface area contributed by atoms with Crippen LogP contribution in [-0.4, -0.2) is 28.5 Å². The number of rotatable bonds is 4. The van der Waals surface area contributed by atoms with E-state index in [1.54, 1.807) is 6.92 Å². The predicted molar refractivity (Wildman–Crippen MR) is 82.7 cm³/mol. The second kappa shape index (κ2) is 5.12. The number of ether oxygens (including phenoxy) is 1. The van der Waals surface area contributed by atoms with Crippen molar-refractivity contribution in [2.24, 2.45) is 0 Å². The Bertz CT molecular complexity index is 761. The van der Waals surface area contributed by atoms with E-state index in [9.17, 15) is 9.59 Å². The van der Waals surface area contributed by atoms with Crippen LogP contribution < -0.4 is 5.32 Å². The molecule has 1 amide bonds. The van der Waals surface area contributed by atoms with Crippen LogP contribution in [-0.2, 0) is 26.2 Å². The molecule has 0 spiro atoms. The summed E-state index contributed by atoms with van der Waals surface area (Å²) in [6.45, 7) is 5.98. The van der Waals surface area contributed by atoms with Crippen molar-refractivity contribution in [2.75, 3.05) is 11.9 Å². The van der Waals surface area contributed by atoms with Gasteiger partial charge in [0.1, 0.15) is 5.82 Å². The minimum atomic E-state index is -0.542. The lowest BCUT2D eigenvalue weighted by molar-refractivity contribution is -0.143. The fraction of sp³-hybridized carbons (Fsp3) is 0.438. The van der Waals surface area contributed by atoms with Crippen molar-refractivity contribution >= 4 is 28.6 Å². The number of aromatic amines is 1. The number of benzene rings is 1. The molecular formula is C16H19N3O3. The number of nitrogens with zero attached hydrogens (tertiary/aromatic N) is 1. The normalized spacial score (nSPS) is 15.7. The van der Waals surface area contributed by atoms with Crippen molar-refractivity contribution in [1.82, 2.24) is 9.97 Å². The molecule has 2 aromatic rings. The standard InChI is InChI=1S/C16H19N3O3/c1-4-22-14(20)6-5-13-17-11-7-9-10(8-12(11)18-13)19-15(21)16(9,2)3/h7-8H,4-6H2,1-3H3,(H,17,18)(H,19,21). The summed E-state index contributed by atoms with van der Waals surface area (Å²) in [5.41, 5.74) is 2.90. The zero-order valence-corrected chi connectivity index (χ0v) is 12.9. The number of carbonyl (C=O) groups is 2. The fourth-order valence-electron chi connectivity index (χ4n) is 2.70. The zero-order valence-electron chi connectivity index (χ0n) is 12.9. The third-order valence-corrected chi connectivity index (χ3v) is 4.03. The van der Waals surface area contributed by atoms with E-state index in [0.717, 1.165) is 28.1 Å². The Kier molecular flexibility index (Phi) is 3.39. The highest BCUT2D eigenvalue weighted by Crippen LogP contribution is 2.39. The maximum atomic E-state index is 12.0. The van der Waals surface area contributed by atoms with Gasteiger partial charge in [0.05, 0.1) is 29.5 Å². The number of aryl methyl sites for hydroxylation is 1. The van der Waals surface area contributed by atoms with Gasteiger partial charge in [-0.3, -0.25) is 9.59 Å². The second-order valence-electron chi connectivity index (χ2n) is 5.98. The monoisotopic (exact) mass is 301 g/mol. The zero-order chi connectivity index (χ0) is 15.9. The van der Waals surface area contributed by atoms with E-state index in [1.807, 2.05) is 26.0 Å². The molecular weight excluding hydrogens is 282 g/mol. The highest BCUT2D eigenvalue weighted by Gasteiger charge is 2.38. The van der Waals surface area contributed by atoms with Gasteiger partial charge in [0.2, 0.25) is 5.91 Å². The number of hydrogen-bond acceptors (Lipinski definition) is 4. The lowest BCUT2D eigenvalue weighted by Crippen LogP contribution is -2.26. The van der Waals surface area contributed by atoms with Crippen molar-refractivity contribution in [1.29, 1.82) is 0 Å². The predicted octanol–water partition coefficient (Wildman–Crippen LogP) is 2.29. The van der Waals surface area contributed by atoms with Crippen molar-refractivity contribution in [3.05, 3.63) is 23.5 Å². The van der Waals surface area contributed by atoms with Gasteiger partial charge >= 0.3 is 5.97 Å². The summed E-state index contributed by atoms with van der Waals surface area (Å²) in [6.07, 6.45) is 0.809. The van der Waals surface area contributed by atoms with E-state index in [1.165, 1.54) is 0 Å². The van der Waals surface area contributed by atoms with Crippen molar-refractivity contribution in [3.63, 3.8) is 0 Å². The van der Waals surface area contributed by atoms with Crippen LogP contribution in [0, 0.1) is 0 Å². The summed E-state index contributed by atoms with van der Waals surface area (Å²) in [7, 11) is 0. The summed E-state index contributed by atoms with van der Waals surface area (Å²) < 4.78 is 4.91. The van der Waals surface area contributed by atoms with E-state index in [-0.39, 0.29) is 11.9 Å². The van der Waals surface area contributed by atoms with Gasteiger partial charge in [-0.25, -0.2) is 4.98 Å². The lowest BCUT2D eigenvalue weighted by atomic mass is 9.86. The van der Waals surface area contributed by atoms with Crippen molar-refractivity contribution in [2.45, 2.75) is 39.0 Å². The van der Waals surface area contributed by atoms with Gasteiger partial charge in [0.25, 0.3) is 0 Å². The van der Waals surface area contributed by atoms with Gasteiger partial charge in [-0.05, 0) is 38.5 Å². The quantitative estimate of drug-likeness (QED) is 0.849. The molecule has 1 aromatic carbocycles. The Morgan fingerprint density at radius 1 is 1.36 bits per heavy atom. The smallest absolute Gasteiger partial charge is 0.306 e. The Morgan fingerprint density at radius 3 is 2.86 bits per heavy atom. The van der Waals surface area contributed by atoms with Crippen molar-refractivity contribution < 1.29 is 14.3 Å². The Hall–Kier alpha value is -2.37. The topological polar surface area (TPSA) is 84.1 Å². The van der Waals surface area contributed by atoms with E-state index in [4.69, 9.17) is 4.74 Å². The molecule has 0 fully saturated rings. The first-order valence-electron chi connectivity index (χ1n) is 7.42. The number of carbonyl (C=O) groups excluding carboxylic acids is 2. The maximum Gasteiger partial charge on any atom is 0.306 e. The highest BCUT2D eigenvalue weighted by molar-refractivity contribution is 6.07. The summed E-state index contributed by atoms with van der Waals surface area (Å²) in [6, 6.07) is 3.84. The number of H-pyrrole nitrogens is 1. The molecule has 3 rings (SSSR count). The summed E-state index contributed by atoms with van der Waals surface area (Å²) in [5, 5.41) is 2.89. The molecule has 0 atom stereocenters. The minimum Gasteiger partial charge on any atom is -0.466 e. The number of esters is 1. The average molecular weight is 301 g/mol. The molecule has 0 radical (unpaired) electrons. The number of imidazole rings is 1. The van der Waals surface area contributed by atoms with Gasteiger partial charge in [-0.1, -0.05) is 0 Å². The molecule has 116 valence electrons. The largest absolute Gasteiger partial charge is 0.466 e. The summed E-state index contributed by atoms with van der Waals surface area (Å²) in [5.74, 6) is 0.521. The van der Waals surface area contributed by atoms with Gasteiger partial charge in [0.15, 0.2) is 0 Å². The van der Waals surface area contributed by atoms with Crippen LogP contribution in [0.2, 0.25) is 0 Å². The summed E-state index contributed by atoms with van der Waals surface area (Å²) >= 11 is 0. The van der Waals surface area contributed by atoms with Crippen LogP contribution in [0.5, 0.6) is 0 Å². The van der Waals surface area contributed by atoms with Gasteiger partial charge in [-0.15, -0.1) is 0 Å². The maximum absolute atomic E-state index is 12.0. The molecule has 6 nitrogen and oxygen atoms in total. The second-order valence-corrected chi connectivity index (χ2v) is 5.98.